The van der Waals surface area contributed by atoms with Crippen LogP contribution in [-0.4, -0.2) is 11.6 Å². The molecule has 0 unspecified atom stereocenters. The summed E-state index contributed by atoms with van der Waals surface area (Å²) in [5.74, 6) is 0.476. The van der Waals surface area contributed by atoms with Crippen molar-refractivity contribution < 1.29 is 9.21 Å². The largest absolute Gasteiger partial charge is 0.450 e. The van der Waals surface area contributed by atoms with Gasteiger partial charge >= 0.3 is 0 Å². The number of carbonyl (C=O) groups excluding carboxylic acids is 1. The number of benzene rings is 3. The van der Waals surface area contributed by atoms with Crippen LogP contribution in [0.4, 0.5) is 5.69 Å². The van der Waals surface area contributed by atoms with E-state index >= 15 is 0 Å². The van der Waals surface area contributed by atoms with Gasteiger partial charge in [-0.05, 0) is 54.1 Å². The van der Waals surface area contributed by atoms with Gasteiger partial charge in [0.05, 0.1) is 17.0 Å². The number of amides is 1. The molecule has 0 bridgehead atoms. The molecule has 30 heavy (non-hydrogen) atoms. The Morgan fingerprint density at radius 1 is 0.900 bits per heavy atom. The number of furan rings is 1. The molecule has 0 radical (unpaired) electrons. The molecule has 1 aliphatic rings. The number of hydrogen-bond acceptors (Lipinski definition) is 4. The fraction of sp³-hybridized carbons (Fsp3) is 0.0400. The molecule has 146 valence electrons. The van der Waals surface area contributed by atoms with E-state index in [4.69, 9.17) is 4.42 Å². The summed E-state index contributed by atoms with van der Waals surface area (Å²) < 4.78 is 6.00. The summed E-state index contributed by atoms with van der Waals surface area (Å²) >= 11 is 1.57. The Morgan fingerprint density at radius 2 is 1.67 bits per heavy atom. The molecule has 3 aromatic carbocycles. The zero-order chi connectivity index (χ0) is 20.5. The van der Waals surface area contributed by atoms with E-state index in [0.29, 0.717) is 17.0 Å². The van der Waals surface area contributed by atoms with E-state index in [9.17, 15) is 4.79 Å². The SMILES string of the molecule is CC1=NN(c2ccccc2)C(=O)/C1=C/c1ccc(Sc2cccc3ccccc23)o1. The molecule has 5 rings (SSSR count). The van der Waals surface area contributed by atoms with Gasteiger partial charge in [-0.3, -0.25) is 4.79 Å². The van der Waals surface area contributed by atoms with Crippen molar-refractivity contribution in [2.24, 2.45) is 5.10 Å². The van der Waals surface area contributed by atoms with Crippen LogP contribution < -0.4 is 5.01 Å². The van der Waals surface area contributed by atoms with Crippen molar-refractivity contribution in [1.29, 1.82) is 0 Å². The fourth-order valence-corrected chi connectivity index (χ4v) is 4.36. The smallest absolute Gasteiger partial charge is 0.280 e. The van der Waals surface area contributed by atoms with Gasteiger partial charge in [-0.15, -0.1) is 0 Å². The zero-order valence-electron chi connectivity index (χ0n) is 16.3. The van der Waals surface area contributed by atoms with E-state index in [1.54, 1.807) is 17.8 Å². The first-order chi connectivity index (χ1) is 14.7. The molecule has 0 saturated carbocycles. The highest BCUT2D eigenvalue weighted by Crippen LogP contribution is 2.35. The van der Waals surface area contributed by atoms with Crippen molar-refractivity contribution in [3.63, 3.8) is 0 Å². The molecule has 1 aliphatic heterocycles. The Bertz CT molecular complexity index is 1300. The van der Waals surface area contributed by atoms with Crippen LogP contribution in [0.25, 0.3) is 16.8 Å². The summed E-state index contributed by atoms with van der Waals surface area (Å²) in [7, 11) is 0. The standard InChI is InChI=1S/C25H18N2O2S/c1-17-22(25(28)27(26-17)19-10-3-2-4-11-19)16-20-14-15-24(29-20)30-23-13-7-9-18-8-5-6-12-21(18)23/h2-16H,1H3/b22-16+. The second kappa shape index (κ2) is 7.69. The van der Waals surface area contributed by atoms with Crippen molar-refractivity contribution in [1.82, 2.24) is 0 Å². The highest BCUT2D eigenvalue weighted by atomic mass is 32.2. The summed E-state index contributed by atoms with van der Waals surface area (Å²) in [6, 6.07) is 27.7. The molecule has 0 saturated heterocycles. The minimum absolute atomic E-state index is 0.154. The van der Waals surface area contributed by atoms with Gasteiger partial charge in [-0.2, -0.15) is 10.1 Å². The third-order valence-electron chi connectivity index (χ3n) is 4.91. The molecular weight excluding hydrogens is 392 g/mol. The molecule has 0 spiro atoms. The molecule has 1 aromatic heterocycles. The molecule has 0 N–H and O–H groups in total. The molecular formula is C25H18N2O2S. The Kier molecular flexibility index (Phi) is 4.73. The Hall–Kier alpha value is -3.57. The van der Waals surface area contributed by atoms with Crippen LogP contribution in [0.2, 0.25) is 0 Å². The topological polar surface area (TPSA) is 45.8 Å². The number of hydrogen-bond donors (Lipinski definition) is 0. The first-order valence-electron chi connectivity index (χ1n) is 9.61. The maximum Gasteiger partial charge on any atom is 0.280 e. The molecule has 4 aromatic rings. The summed E-state index contributed by atoms with van der Waals surface area (Å²) in [4.78, 5) is 14.0. The number of para-hydroxylation sites is 1. The van der Waals surface area contributed by atoms with E-state index in [0.717, 1.165) is 15.7 Å². The van der Waals surface area contributed by atoms with Gasteiger partial charge in [-0.1, -0.05) is 66.4 Å². The maximum absolute atomic E-state index is 12.9. The Balaban J connectivity index is 1.40. The normalized spacial score (nSPS) is 15.2. The zero-order valence-corrected chi connectivity index (χ0v) is 17.1. The average molecular weight is 410 g/mol. The van der Waals surface area contributed by atoms with Gasteiger partial charge in [0.1, 0.15) is 5.76 Å². The lowest BCUT2D eigenvalue weighted by Gasteiger charge is -2.10. The summed E-state index contributed by atoms with van der Waals surface area (Å²) in [6.45, 7) is 1.83. The predicted octanol–water partition coefficient (Wildman–Crippen LogP) is 6.39. The van der Waals surface area contributed by atoms with Crippen LogP contribution in [0, 0.1) is 0 Å². The van der Waals surface area contributed by atoms with Crippen LogP contribution in [-0.2, 0) is 4.79 Å². The van der Waals surface area contributed by atoms with E-state index in [2.05, 4.69) is 29.4 Å². The number of fused-ring (bicyclic) bond motifs is 1. The highest BCUT2D eigenvalue weighted by Gasteiger charge is 2.28. The quantitative estimate of drug-likeness (QED) is 0.366. The lowest BCUT2D eigenvalue weighted by molar-refractivity contribution is -0.114. The molecule has 2 heterocycles. The minimum Gasteiger partial charge on any atom is -0.450 e. The van der Waals surface area contributed by atoms with Crippen LogP contribution >= 0.6 is 11.8 Å². The lowest BCUT2D eigenvalue weighted by Crippen LogP contribution is -2.21. The van der Waals surface area contributed by atoms with Crippen LogP contribution in [0.3, 0.4) is 0 Å². The fourth-order valence-electron chi connectivity index (χ4n) is 3.43. The predicted molar refractivity (Wildman–Crippen MR) is 122 cm³/mol. The number of rotatable bonds is 4. The molecule has 0 atom stereocenters. The lowest BCUT2D eigenvalue weighted by atomic mass is 10.1. The summed E-state index contributed by atoms with van der Waals surface area (Å²) in [5.41, 5.74) is 1.95. The first kappa shape index (κ1) is 18.5. The van der Waals surface area contributed by atoms with Gasteiger partial charge in [0, 0.05) is 4.90 Å². The Labute approximate surface area is 178 Å². The Morgan fingerprint density at radius 3 is 2.53 bits per heavy atom. The monoisotopic (exact) mass is 410 g/mol. The van der Waals surface area contributed by atoms with Gasteiger partial charge in [0.25, 0.3) is 5.91 Å². The second-order valence-corrected chi connectivity index (χ2v) is 7.98. The molecule has 0 fully saturated rings. The molecule has 0 aliphatic carbocycles. The van der Waals surface area contributed by atoms with E-state index in [1.807, 2.05) is 67.6 Å². The second-order valence-electron chi connectivity index (χ2n) is 6.93. The van der Waals surface area contributed by atoms with Crippen molar-refractivity contribution in [2.45, 2.75) is 16.9 Å². The van der Waals surface area contributed by atoms with E-state index < -0.39 is 0 Å². The van der Waals surface area contributed by atoms with Crippen molar-refractivity contribution in [3.8, 4) is 0 Å². The van der Waals surface area contributed by atoms with Crippen molar-refractivity contribution in [3.05, 3.63) is 96.3 Å². The molecule has 1 amide bonds. The maximum atomic E-state index is 12.9. The number of carbonyl (C=O) groups is 1. The third-order valence-corrected chi connectivity index (χ3v) is 5.91. The third kappa shape index (κ3) is 3.44. The van der Waals surface area contributed by atoms with E-state index in [1.165, 1.54) is 15.8 Å². The highest BCUT2D eigenvalue weighted by molar-refractivity contribution is 7.99. The number of hydrazone groups is 1. The van der Waals surface area contributed by atoms with Gasteiger partial charge in [0.15, 0.2) is 5.09 Å². The summed E-state index contributed by atoms with van der Waals surface area (Å²) in [5, 5.41) is 9.00. The number of nitrogens with zero attached hydrogens (tertiary/aromatic N) is 2. The van der Waals surface area contributed by atoms with Crippen molar-refractivity contribution >= 4 is 45.9 Å². The van der Waals surface area contributed by atoms with Crippen LogP contribution in [0.5, 0.6) is 0 Å². The first-order valence-corrected chi connectivity index (χ1v) is 10.4. The summed E-state index contributed by atoms with van der Waals surface area (Å²) in [6.07, 6.45) is 1.76. The minimum atomic E-state index is -0.154. The average Bonchev–Trinajstić information content (AvgIpc) is 3.34. The van der Waals surface area contributed by atoms with Gasteiger partial charge in [-0.25, -0.2) is 0 Å². The van der Waals surface area contributed by atoms with Gasteiger partial charge < -0.3 is 4.42 Å². The van der Waals surface area contributed by atoms with E-state index in [-0.39, 0.29) is 5.91 Å². The van der Waals surface area contributed by atoms with Crippen LogP contribution in [0.1, 0.15) is 12.7 Å². The molecule has 4 nitrogen and oxygen atoms in total. The van der Waals surface area contributed by atoms with Crippen LogP contribution in [0.15, 0.2) is 110 Å². The molecule has 5 heteroatoms. The van der Waals surface area contributed by atoms with Gasteiger partial charge in [0.2, 0.25) is 0 Å². The number of anilines is 1. The van der Waals surface area contributed by atoms with Crippen molar-refractivity contribution in [2.75, 3.05) is 5.01 Å².